The standard InChI is InChI=1S/C60H20B2F20S/c63-41-37(42(64)50(72)57(79)49(41)71)61(38-43(65)51(73)58(80)52(74)44(38)66)24-13-8-21(9-14-24)23-12-17-28-33-20-31-27-5-2-1-4-26(27)30(19-32(31)29-6-3-7-34(36(29)33)83-35(28)18-23)22-10-15-25(16-11-22)62(39-45(67)53(75)59(81)54(76)46(39)68)40-47(69)55(77)60(82)56(78)48(40)70/h1-20H. The molecule has 0 aliphatic carbocycles. The lowest BCUT2D eigenvalue weighted by Crippen LogP contribution is -2.58. The van der Waals surface area contributed by atoms with Crippen molar-refractivity contribution >= 4 is 90.3 Å². The molecular weight excluding hydrogens is 1150 g/mol. The molecule has 83 heavy (non-hydrogen) atoms. The van der Waals surface area contributed by atoms with Gasteiger partial charge in [0.05, 0.1) is 0 Å². The molecule has 0 nitrogen and oxygen atoms in total. The lowest BCUT2D eigenvalue weighted by atomic mass is 9.36. The maximum absolute atomic E-state index is 15.5. The topological polar surface area (TPSA) is 0 Å². The van der Waals surface area contributed by atoms with E-state index in [1.807, 2.05) is 18.2 Å². The first-order valence-electron chi connectivity index (χ1n) is 24.0. The average Bonchev–Trinajstić information content (AvgIpc) is 1.90. The molecule has 1 aliphatic heterocycles. The maximum Gasteiger partial charge on any atom is 0.257 e. The van der Waals surface area contributed by atoms with Crippen LogP contribution >= 0.6 is 11.8 Å². The van der Waals surface area contributed by atoms with E-state index in [0.29, 0.717) is 59.6 Å². The van der Waals surface area contributed by atoms with E-state index in [2.05, 4.69) is 0 Å². The number of benzene rings is 11. The van der Waals surface area contributed by atoms with Gasteiger partial charge in [-0.25, -0.2) is 87.8 Å². The summed E-state index contributed by atoms with van der Waals surface area (Å²) in [6.07, 6.45) is 0. The molecule has 1 aliphatic rings. The Bertz CT molecular complexity index is 4410. The average molecular weight is 1170 g/mol. The Kier molecular flexibility index (Phi) is 13.2. The quantitative estimate of drug-likeness (QED) is 0.0480. The molecule has 0 radical (unpaired) electrons. The Morgan fingerprint density at radius 2 is 0.566 bits per heavy atom. The lowest BCUT2D eigenvalue weighted by Gasteiger charge is -2.23. The van der Waals surface area contributed by atoms with Crippen molar-refractivity contribution in [2.24, 2.45) is 0 Å². The molecule has 23 heteroatoms. The number of halogens is 20. The lowest BCUT2D eigenvalue weighted by molar-refractivity contribution is 0.382. The molecule has 0 atom stereocenters. The summed E-state index contributed by atoms with van der Waals surface area (Å²) >= 11 is 1.31. The van der Waals surface area contributed by atoms with Crippen LogP contribution in [0.3, 0.4) is 0 Å². The fraction of sp³-hybridized carbons (Fsp3) is 0. The van der Waals surface area contributed by atoms with E-state index in [4.69, 9.17) is 0 Å². The molecule has 1 heterocycles. The van der Waals surface area contributed by atoms with Crippen LogP contribution in [0, 0.1) is 116 Å². The summed E-state index contributed by atoms with van der Waals surface area (Å²) in [5.41, 5.74) is -5.96. The van der Waals surface area contributed by atoms with E-state index in [0.717, 1.165) is 40.1 Å². The van der Waals surface area contributed by atoms with E-state index in [1.54, 1.807) is 54.6 Å². The highest BCUT2D eigenvalue weighted by Gasteiger charge is 2.43. The van der Waals surface area contributed by atoms with Crippen molar-refractivity contribution in [2.75, 3.05) is 0 Å². The highest BCUT2D eigenvalue weighted by atomic mass is 32.2. The monoisotopic (exact) mass is 1170 g/mol. The van der Waals surface area contributed by atoms with E-state index in [1.165, 1.54) is 36.0 Å². The van der Waals surface area contributed by atoms with Crippen LogP contribution in [0.5, 0.6) is 0 Å². The van der Waals surface area contributed by atoms with Crippen LogP contribution in [0.1, 0.15) is 0 Å². The number of hydrogen-bond donors (Lipinski definition) is 0. The second-order valence-corrected chi connectivity index (χ2v) is 20.1. The normalized spacial score (nSPS) is 12.0. The first kappa shape index (κ1) is 54.8. The van der Waals surface area contributed by atoms with Crippen LogP contribution in [-0.2, 0) is 0 Å². The molecule has 12 rings (SSSR count). The van der Waals surface area contributed by atoms with Gasteiger partial charge < -0.3 is 0 Å². The van der Waals surface area contributed by atoms with Gasteiger partial charge >= 0.3 is 0 Å². The van der Waals surface area contributed by atoms with Gasteiger partial charge in [0.2, 0.25) is 0 Å². The van der Waals surface area contributed by atoms with Gasteiger partial charge in [0, 0.05) is 37.0 Å². The van der Waals surface area contributed by atoms with E-state index in [9.17, 15) is 52.7 Å². The molecule has 0 bridgehead atoms. The SMILES string of the molecule is Fc1c(F)c(F)c(B(c2ccc(-c3ccc4c(c3)Sc3cccc5c3c-4cc3c4ccccc4c(-c4ccc(B(c6c(F)c(F)c(F)c(F)c6F)c6c(F)c(F)c(F)c(F)c6F)cc4)cc53)cc2)c2c(F)c(F)c(F)c(F)c2F)c(F)c1F. The Labute approximate surface area is 457 Å². The second-order valence-electron chi connectivity index (χ2n) is 19.0. The fourth-order valence-electron chi connectivity index (χ4n) is 10.9. The third kappa shape index (κ3) is 8.19. The van der Waals surface area contributed by atoms with E-state index >= 15 is 35.1 Å². The summed E-state index contributed by atoms with van der Waals surface area (Å²) in [4.78, 5) is 1.38. The molecule has 11 aromatic carbocycles. The zero-order valence-corrected chi connectivity index (χ0v) is 41.5. The molecular formula is C60H20B2F20S. The summed E-state index contributed by atoms with van der Waals surface area (Å²) in [5.74, 6) is -51.7. The first-order valence-corrected chi connectivity index (χ1v) is 24.8. The van der Waals surface area contributed by atoms with Crippen molar-refractivity contribution in [1.82, 2.24) is 0 Å². The Balaban J connectivity index is 0.956. The van der Waals surface area contributed by atoms with Crippen LogP contribution in [0.15, 0.2) is 131 Å². The molecule has 0 aromatic heterocycles. The van der Waals surface area contributed by atoms with Crippen LogP contribution in [0.2, 0.25) is 0 Å². The van der Waals surface area contributed by atoms with Gasteiger partial charge in [-0.2, -0.15) is 0 Å². The Morgan fingerprint density at radius 3 is 0.988 bits per heavy atom. The minimum absolute atomic E-state index is 0.297. The fourth-order valence-corrected chi connectivity index (χ4v) is 12.0. The highest BCUT2D eigenvalue weighted by Crippen LogP contribution is 2.52. The molecule has 0 saturated heterocycles. The van der Waals surface area contributed by atoms with Crippen LogP contribution in [-0.4, -0.2) is 13.4 Å². The van der Waals surface area contributed by atoms with Gasteiger partial charge in [-0.15, -0.1) is 0 Å². The third-order valence-electron chi connectivity index (χ3n) is 14.7. The highest BCUT2D eigenvalue weighted by molar-refractivity contribution is 7.99. The van der Waals surface area contributed by atoms with Crippen molar-refractivity contribution in [2.45, 2.75) is 9.79 Å². The Morgan fingerprint density at radius 1 is 0.229 bits per heavy atom. The number of fused-ring (bicyclic) bond motifs is 6. The zero-order chi connectivity index (χ0) is 59.1. The maximum atomic E-state index is 15.5. The van der Waals surface area contributed by atoms with Crippen molar-refractivity contribution in [3.63, 3.8) is 0 Å². The predicted octanol–water partition coefficient (Wildman–Crippen LogP) is 14.4. The molecule has 0 fully saturated rings. The molecule has 0 unspecified atom stereocenters. The van der Waals surface area contributed by atoms with Gasteiger partial charge in [-0.1, -0.05) is 120 Å². The van der Waals surface area contributed by atoms with Crippen molar-refractivity contribution in [1.29, 1.82) is 0 Å². The summed E-state index contributed by atoms with van der Waals surface area (Å²) in [7, 11) is 0. The van der Waals surface area contributed by atoms with Crippen LogP contribution in [0.25, 0.3) is 65.7 Å². The van der Waals surface area contributed by atoms with Crippen LogP contribution < -0.4 is 32.8 Å². The minimum atomic E-state index is -2.79. The molecule has 0 saturated carbocycles. The Hall–Kier alpha value is -8.72. The van der Waals surface area contributed by atoms with Gasteiger partial charge in [0.1, 0.15) is 0 Å². The summed E-state index contributed by atoms with van der Waals surface area (Å²) in [6, 6.07) is 30.0. The van der Waals surface area contributed by atoms with Gasteiger partial charge in [-0.05, 0) is 84.6 Å². The van der Waals surface area contributed by atoms with Gasteiger partial charge in [-0.3, -0.25) is 0 Å². The van der Waals surface area contributed by atoms with Crippen molar-refractivity contribution in [3.05, 3.63) is 238 Å². The smallest absolute Gasteiger partial charge is 0.204 e. The molecule has 0 spiro atoms. The largest absolute Gasteiger partial charge is 0.257 e. The number of rotatable bonds is 8. The first-order chi connectivity index (χ1) is 39.5. The second kappa shape index (κ2) is 20.0. The zero-order valence-electron chi connectivity index (χ0n) is 40.7. The minimum Gasteiger partial charge on any atom is -0.204 e. The van der Waals surface area contributed by atoms with Gasteiger partial charge in [0.15, 0.2) is 116 Å². The summed E-state index contributed by atoms with van der Waals surface area (Å²) in [6.45, 7) is -5.57. The number of hydrogen-bond acceptors (Lipinski definition) is 1. The van der Waals surface area contributed by atoms with E-state index < -0.39 is 163 Å². The third-order valence-corrected chi connectivity index (χ3v) is 15.8. The molecule has 0 amide bonds. The predicted molar refractivity (Wildman–Crippen MR) is 274 cm³/mol. The van der Waals surface area contributed by atoms with Crippen LogP contribution in [0.4, 0.5) is 87.8 Å². The molecule has 11 aromatic rings. The molecule has 412 valence electrons. The van der Waals surface area contributed by atoms with Gasteiger partial charge in [0.25, 0.3) is 13.4 Å². The summed E-state index contributed by atoms with van der Waals surface area (Å²) in [5, 5.41) is 4.00. The van der Waals surface area contributed by atoms with E-state index in [-0.39, 0.29) is 0 Å². The van der Waals surface area contributed by atoms with Crippen molar-refractivity contribution in [3.8, 4) is 33.4 Å². The molecule has 0 N–H and O–H groups in total. The summed E-state index contributed by atoms with van der Waals surface area (Å²) < 4.78 is 298. The van der Waals surface area contributed by atoms with Crippen molar-refractivity contribution < 1.29 is 87.8 Å².